The monoisotopic (exact) mass is 428 g/mol. The van der Waals surface area contributed by atoms with Crippen LogP contribution in [-0.4, -0.2) is 12.7 Å². The molecule has 2 fully saturated rings. The van der Waals surface area contributed by atoms with Crippen LogP contribution in [0.1, 0.15) is 64.0 Å². The molecule has 1 aliphatic carbocycles. The van der Waals surface area contributed by atoms with Crippen LogP contribution in [0, 0.1) is 18.8 Å². The third-order valence-corrected chi connectivity index (χ3v) is 7.75. The summed E-state index contributed by atoms with van der Waals surface area (Å²) in [6, 6.07) is 20.2. The molecule has 3 aromatic carbocycles. The van der Waals surface area contributed by atoms with Gasteiger partial charge in [-0.15, -0.1) is 0 Å². The fourth-order valence-electron chi connectivity index (χ4n) is 6.53. The maximum atomic E-state index is 6.99. The third kappa shape index (κ3) is 3.83. The summed E-state index contributed by atoms with van der Waals surface area (Å²) >= 11 is 0. The summed E-state index contributed by atoms with van der Waals surface area (Å²) in [7, 11) is 1.79. The van der Waals surface area contributed by atoms with E-state index >= 15 is 0 Å². The summed E-state index contributed by atoms with van der Waals surface area (Å²) in [5.41, 5.74) is 4.64. The Morgan fingerprint density at radius 1 is 0.906 bits per heavy atom. The van der Waals surface area contributed by atoms with Gasteiger partial charge >= 0.3 is 0 Å². The first-order valence-corrected chi connectivity index (χ1v) is 12.2. The Morgan fingerprint density at radius 3 is 2.41 bits per heavy atom. The molecule has 1 saturated carbocycles. The molecule has 0 spiro atoms. The van der Waals surface area contributed by atoms with Crippen molar-refractivity contribution in [3.63, 3.8) is 0 Å². The summed E-state index contributed by atoms with van der Waals surface area (Å²) in [6.07, 6.45) is 5.88. The summed E-state index contributed by atoms with van der Waals surface area (Å²) < 4.78 is 12.9. The smallest absolute Gasteiger partial charge is 0.124 e. The highest BCUT2D eigenvalue weighted by Crippen LogP contribution is 2.56. The first-order chi connectivity index (χ1) is 15.3. The van der Waals surface area contributed by atoms with E-state index in [0.717, 1.165) is 30.9 Å². The Labute approximate surface area is 192 Å². The van der Waals surface area contributed by atoms with E-state index in [-0.39, 0.29) is 11.2 Å². The number of hydrogen-bond acceptors (Lipinski definition) is 2. The fourth-order valence-corrected chi connectivity index (χ4v) is 6.53. The van der Waals surface area contributed by atoms with Crippen molar-refractivity contribution in [3.05, 3.63) is 65.7 Å². The van der Waals surface area contributed by atoms with E-state index < -0.39 is 0 Å². The second kappa shape index (κ2) is 7.92. The molecule has 3 unspecified atom stereocenters. The molecule has 2 nitrogen and oxygen atoms in total. The number of ether oxygens (including phenoxy) is 2. The van der Waals surface area contributed by atoms with Gasteiger partial charge in [0.05, 0.1) is 18.3 Å². The maximum Gasteiger partial charge on any atom is 0.124 e. The quantitative estimate of drug-likeness (QED) is 0.418. The summed E-state index contributed by atoms with van der Waals surface area (Å²) in [5.74, 6) is 2.38. The van der Waals surface area contributed by atoms with Gasteiger partial charge in [-0.1, -0.05) is 55.3 Å². The molecule has 168 valence electrons. The number of aryl methyl sites for hydroxylation is 1. The van der Waals surface area contributed by atoms with Crippen LogP contribution in [0.15, 0.2) is 54.6 Å². The fraction of sp³-hybridized carbons (Fsp3) is 0.467. The minimum atomic E-state index is -0.263. The van der Waals surface area contributed by atoms with Gasteiger partial charge in [-0.2, -0.15) is 0 Å². The van der Waals surface area contributed by atoms with Gasteiger partial charge in [0.15, 0.2) is 0 Å². The van der Waals surface area contributed by atoms with Crippen LogP contribution in [0.2, 0.25) is 0 Å². The van der Waals surface area contributed by atoms with Crippen LogP contribution < -0.4 is 4.74 Å². The molecule has 0 aromatic heterocycles. The van der Waals surface area contributed by atoms with Crippen molar-refractivity contribution >= 4 is 10.8 Å². The topological polar surface area (TPSA) is 18.5 Å². The molecule has 0 radical (unpaired) electrons. The standard InChI is InChI=1S/C30H36O2/c1-6-21-14-22-17-29(3,4)32-30(18-21,19-22)27-16-26(11-12-28(27)31-5)25-10-9-23-13-20(2)7-8-24(23)15-25/h7-13,15-16,21-22H,6,14,17-19H2,1-5H3. The average molecular weight is 429 g/mol. The summed E-state index contributed by atoms with van der Waals surface area (Å²) in [4.78, 5) is 0. The molecule has 1 aliphatic heterocycles. The van der Waals surface area contributed by atoms with Gasteiger partial charge in [0.25, 0.3) is 0 Å². The molecule has 3 atom stereocenters. The van der Waals surface area contributed by atoms with Gasteiger partial charge in [0.2, 0.25) is 0 Å². The van der Waals surface area contributed by atoms with Gasteiger partial charge in [-0.25, -0.2) is 0 Å². The minimum Gasteiger partial charge on any atom is -0.496 e. The lowest BCUT2D eigenvalue weighted by Crippen LogP contribution is -2.51. The van der Waals surface area contributed by atoms with Crippen molar-refractivity contribution in [1.82, 2.24) is 0 Å². The first kappa shape index (κ1) is 21.5. The Morgan fingerprint density at radius 2 is 1.62 bits per heavy atom. The van der Waals surface area contributed by atoms with Gasteiger partial charge < -0.3 is 9.47 Å². The Hall–Kier alpha value is -2.32. The van der Waals surface area contributed by atoms with E-state index in [9.17, 15) is 0 Å². The van der Waals surface area contributed by atoms with Crippen LogP contribution in [-0.2, 0) is 10.3 Å². The minimum absolute atomic E-state index is 0.108. The zero-order valence-corrected chi connectivity index (χ0v) is 20.2. The van der Waals surface area contributed by atoms with E-state index in [0.29, 0.717) is 5.92 Å². The highest BCUT2D eigenvalue weighted by atomic mass is 16.5. The van der Waals surface area contributed by atoms with Gasteiger partial charge in [0.1, 0.15) is 5.75 Å². The normalized spacial score (nSPS) is 26.8. The van der Waals surface area contributed by atoms with E-state index in [4.69, 9.17) is 9.47 Å². The SMILES string of the molecule is CCC1CC2CC(C)(C)OC(c3cc(-c4ccc5cc(C)ccc5c4)ccc3OC)(C1)C2. The lowest BCUT2D eigenvalue weighted by molar-refractivity contribution is -0.223. The Kier molecular flexibility index (Phi) is 5.33. The third-order valence-electron chi connectivity index (χ3n) is 7.75. The molecule has 0 N–H and O–H groups in total. The predicted molar refractivity (Wildman–Crippen MR) is 133 cm³/mol. The molecular weight excluding hydrogens is 392 g/mol. The molecule has 2 heteroatoms. The molecule has 3 aromatic rings. The van der Waals surface area contributed by atoms with Crippen molar-refractivity contribution in [2.45, 2.75) is 71.0 Å². The molecule has 32 heavy (non-hydrogen) atoms. The molecule has 5 rings (SSSR count). The van der Waals surface area contributed by atoms with Crippen molar-refractivity contribution in [2.75, 3.05) is 7.11 Å². The summed E-state index contributed by atoms with van der Waals surface area (Å²) in [6.45, 7) is 9.01. The van der Waals surface area contributed by atoms with Crippen molar-refractivity contribution in [3.8, 4) is 16.9 Å². The Balaban J connectivity index is 1.62. The van der Waals surface area contributed by atoms with Gasteiger partial charge in [-0.05, 0) is 98.4 Å². The molecule has 1 saturated heterocycles. The molecule has 2 bridgehead atoms. The second-order valence-electron chi connectivity index (χ2n) is 10.8. The summed E-state index contributed by atoms with van der Waals surface area (Å²) in [5, 5.41) is 2.57. The average Bonchev–Trinajstić information content (AvgIpc) is 2.76. The molecule has 1 heterocycles. The lowest BCUT2D eigenvalue weighted by Gasteiger charge is -2.54. The number of rotatable bonds is 4. The molecule has 2 aliphatic rings. The highest BCUT2D eigenvalue weighted by Gasteiger charge is 2.51. The Bertz CT molecular complexity index is 1140. The lowest BCUT2D eigenvalue weighted by atomic mass is 9.63. The molecular formula is C30H36O2. The van der Waals surface area contributed by atoms with Gasteiger partial charge in [-0.3, -0.25) is 0 Å². The van der Waals surface area contributed by atoms with Crippen molar-refractivity contribution in [1.29, 1.82) is 0 Å². The largest absolute Gasteiger partial charge is 0.496 e. The number of methoxy groups -OCH3 is 1. The van der Waals surface area contributed by atoms with Crippen LogP contribution in [0.25, 0.3) is 21.9 Å². The van der Waals surface area contributed by atoms with Crippen LogP contribution in [0.3, 0.4) is 0 Å². The predicted octanol–water partition coefficient (Wildman–Crippen LogP) is 8.04. The highest BCUT2D eigenvalue weighted by molar-refractivity contribution is 5.88. The maximum absolute atomic E-state index is 6.99. The second-order valence-corrected chi connectivity index (χ2v) is 10.8. The first-order valence-electron chi connectivity index (χ1n) is 12.2. The van der Waals surface area contributed by atoms with E-state index in [1.165, 1.54) is 45.9 Å². The van der Waals surface area contributed by atoms with Crippen molar-refractivity contribution in [2.24, 2.45) is 11.8 Å². The number of fused-ring (bicyclic) bond motifs is 3. The van der Waals surface area contributed by atoms with E-state index in [2.05, 4.69) is 82.3 Å². The van der Waals surface area contributed by atoms with E-state index in [1.54, 1.807) is 7.11 Å². The number of benzene rings is 3. The van der Waals surface area contributed by atoms with Crippen LogP contribution in [0.4, 0.5) is 0 Å². The number of hydrogen-bond donors (Lipinski definition) is 0. The van der Waals surface area contributed by atoms with Crippen LogP contribution >= 0.6 is 0 Å². The van der Waals surface area contributed by atoms with Gasteiger partial charge in [0, 0.05) is 5.56 Å². The zero-order valence-electron chi connectivity index (χ0n) is 20.2. The molecule has 0 amide bonds. The van der Waals surface area contributed by atoms with Crippen LogP contribution in [0.5, 0.6) is 5.75 Å². The zero-order chi connectivity index (χ0) is 22.5. The van der Waals surface area contributed by atoms with E-state index in [1.807, 2.05) is 0 Å². The van der Waals surface area contributed by atoms with Crippen molar-refractivity contribution < 1.29 is 9.47 Å².